The third kappa shape index (κ3) is 2.40. The molecule has 2 heterocycles. The van der Waals surface area contributed by atoms with Gasteiger partial charge < -0.3 is 5.11 Å². The fraction of sp³-hybridized carbons (Fsp3) is 0.333. The number of aromatic carboxylic acids is 1. The third-order valence-corrected chi connectivity index (χ3v) is 4.75. The molecule has 17 heavy (non-hydrogen) atoms. The third-order valence-electron chi connectivity index (χ3n) is 2.22. The average Bonchev–Trinajstić information content (AvgIpc) is 2.85. The fourth-order valence-corrected chi connectivity index (χ4v) is 3.33. The van der Waals surface area contributed by atoms with Gasteiger partial charge in [0, 0.05) is 10.3 Å². The summed E-state index contributed by atoms with van der Waals surface area (Å²) in [7, 11) is 0. The number of thiophene rings is 1. The van der Waals surface area contributed by atoms with Gasteiger partial charge in [-0.2, -0.15) is 0 Å². The maximum Gasteiger partial charge on any atom is 0.356 e. The molecule has 2 aromatic heterocycles. The Morgan fingerprint density at radius 1 is 1.41 bits per heavy atom. The molecule has 0 fully saturated rings. The molecule has 0 aliphatic heterocycles. The summed E-state index contributed by atoms with van der Waals surface area (Å²) < 4.78 is 0. The van der Waals surface area contributed by atoms with E-state index in [0.29, 0.717) is 0 Å². The van der Waals surface area contributed by atoms with Crippen LogP contribution in [-0.4, -0.2) is 16.1 Å². The molecule has 0 amide bonds. The zero-order chi connectivity index (χ0) is 12.6. The Morgan fingerprint density at radius 3 is 2.59 bits per heavy atom. The van der Waals surface area contributed by atoms with Crippen molar-refractivity contribution in [3.8, 4) is 9.75 Å². The number of rotatable bonds is 2. The van der Waals surface area contributed by atoms with Crippen LogP contribution in [0.1, 0.15) is 36.3 Å². The topological polar surface area (TPSA) is 50.2 Å². The quantitative estimate of drug-likeness (QED) is 0.898. The molecule has 2 aromatic rings. The highest BCUT2D eigenvalue weighted by Crippen LogP contribution is 2.37. The number of carboxylic acids is 1. The Morgan fingerprint density at radius 2 is 2.12 bits per heavy atom. The molecule has 0 saturated carbocycles. The second-order valence-corrected chi connectivity index (χ2v) is 6.68. The first-order valence-electron chi connectivity index (χ1n) is 5.18. The summed E-state index contributed by atoms with van der Waals surface area (Å²) in [6, 6.07) is 3.85. The van der Waals surface area contributed by atoms with Crippen LogP contribution < -0.4 is 0 Å². The lowest BCUT2D eigenvalue weighted by molar-refractivity contribution is 0.0692. The number of nitrogens with zero attached hydrogens (tertiary/aromatic N) is 1. The van der Waals surface area contributed by atoms with Crippen molar-refractivity contribution in [1.82, 2.24) is 4.98 Å². The summed E-state index contributed by atoms with van der Waals surface area (Å²) in [5, 5.41) is 12.0. The Hall–Kier alpha value is -1.20. The minimum atomic E-state index is -0.958. The van der Waals surface area contributed by atoms with Crippen LogP contribution >= 0.6 is 22.7 Å². The minimum Gasteiger partial charge on any atom is -0.476 e. The number of carboxylic acid groups (broad SMARTS) is 1. The van der Waals surface area contributed by atoms with Gasteiger partial charge in [-0.3, -0.25) is 0 Å². The predicted octanol–water partition coefficient (Wildman–Crippen LogP) is 3.87. The zero-order valence-corrected chi connectivity index (χ0v) is 11.5. The molecule has 5 heteroatoms. The van der Waals surface area contributed by atoms with Crippen molar-refractivity contribution in [1.29, 1.82) is 0 Å². The molecule has 0 saturated heterocycles. The van der Waals surface area contributed by atoms with Gasteiger partial charge in [0.1, 0.15) is 0 Å². The second kappa shape index (κ2) is 4.23. The Kier molecular flexibility index (Phi) is 3.05. The molecule has 0 unspecified atom stereocenters. The Bertz CT molecular complexity index is 535. The van der Waals surface area contributed by atoms with Crippen molar-refractivity contribution < 1.29 is 9.90 Å². The van der Waals surface area contributed by atoms with Crippen molar-refractivity contribution in [2.45, 2.75) is 26.2 Å². The molecular weight excluding hydrogens is 254 g/mol. The molecule has 0 radical (unpaired) electrons. The van der Waals surface area contributed by atoms with E-state index in [2.05, 4.69) is 4.98 Å². The standard InChI is InChI=1S/C12H13NO2S2/c1-12(2,3)11-13-8(10(14)15)9(17-11)7-5-4-6-16-7/h4-6H,1-3H3,(H,14,15). The highest BCUT2D eigenvalue weighted by molar-refractivity contribution is 7.21. The first-order chi connectivity index (χ1) is 7.89. The van der Waals surface area contributed by atoms with Gasteiger partial charge in [-0.25, -0.2) is 9.78 Å². The lowest BCUT2D eigenvalue weighted by atomic mass is 9.98. The van der Waals surface area contributed by atoms with E-state index in [0.717, 1.165) is 14.8 Å². The second-order valence-electron chi connectivity index (χ2n) is 4.73. The summed E-state index contributed by atoms with van der Waals surface area (Å²) in [4.78, 5) is 17.2. The molecule has 2 rings (SSSR count). The van der Waals surface area contributed by atoms with Crippen LogP contribution in [0.3, 0.4) is 0 Å². The lowest BCUT2D eigenvalue weighted by Gasteiger charge is -2.13. The largest absolute Gasteiger partial charge is 0.476 e. The van der Waals surface area contributed by atoms with Crippen molar-refractivity contribution in [2.24, 2.45) is 0 Å². The van der Waals surface area contributed by atoms with E-state index in [1.165, 1.54) is 22.7 Å². The molecule has 0 atom stereocenters. The molecule has 0 bridgehead atoms. The van der Waals surface area contributed by atoms with E-state index in [1.807, 2.05) is 38.3 Å². The molecule has 3 nitrogen and oxygen atoms in total. The number of aromatic nitrogens is 1. The summed E-state index contributed by atoms with van der Waals surface area (Å²) in [6.07, 6.45) is 0. The number of carbonyl (C=O) groups is 1. The van der Waals surface area contributed by atoms with E-state index in [-0.39, 0.29) is 11.1 Å². The first-order valence-corrected chi connectivity index (χ1v) is 6.87. The highest BCUT2D eigenvalue weighted by Gasteiger charge is 2.25. The van der Waals surface area contributed by atoms with Gasteiger partial charge >= 0.3 is 5.97 Å². The minimum absolute atomic E-state index is 0.121. The number of thiazole rings is 1. The normalized spacial score (nSPS) is 11.7. The van der Waals surface area contributed by atoms with Crippen molar-refractivity contribution in [3.05, 3.63) is 28.2 Å². The lowest BCUT2D eigenvalue weighted by Crippen LogP contribution is -2.11. The SMILES string of the molecule is CC(C)(C)c1nc(C(=O)O)c(-c2cccs2)s1. The van der Waals surface area contributed by atoms with E-state index >= 15 is 0 Å². The van der Waals surface area contributed by atoms with Gasteiger partial charge in [-0.1, -0.05) is 26.8 Å². The van der Waals surface area contributed by atoms with E-state index in [1.54, 1.807) is 0 Å². The molecule has 0 aliphatic carbocycles. The van der Waals surface area contributed by atoms with Crippen LogP contribution in [0.2, 0.25) is 0 Å². The highest BCUT2D eigenvalue weighted by atomic mass is 32.1. The Labute approximate surface area is 108 Å². The zero-order valence-electron chi connectivity index (χ0n) is 9.85. The van der Waals surface area contributed by atoms with Crippen molar-refractivity contribution >= 4 is 28.6 Å². The molecule has 0 aromatic carbocycles. The Balaban J connectivity index is 2.58. The summed E-state index contributed by atoms with van der Waals surface area (Å²) in [5.74, 6) is -0.958. The van der Waals surface area contributed by atoms with Gasteiger partial charge in [0.15, 0.2) is 5.69 Å². The van der Waals surface area contributed by atoms with Crippen LogP contribution in [0.15, 0.2) is 17.5 Å². The summed E-state index contributed by atoms with van der Waals surface area (Å²) in [5.41, 5.74) is 0.0482. The van der Waals surface area contributed by atoms with E-state index in [4.69, 9.17) is 0 Å². The van der Waals surface area contributed by atoms with E-state index in [9.17, 15) is 9.90 Å². The molecule has 0 aliphatic rings. The van der Waals surface area contributed by atoms with Crippen LogP contribution in [-0.2, 0) is 5.41 Å². The van der Waals surface area contributed by atoms with Gasteiger partial charge in [0.2, 0.25) is 0 Å². The average molecular weight is 267 g/mol. The molecule has 0 spiro atoms. The monoisotopic (exact) mass is 267 g/mol. The van der Waals surface area contributed by atoms with Gasteiger partial charge in [0.25, 0.3) is 0 Å². The molecule has 1 N–H and O–H groups in total. The van der Waals surface area contributed by atoms with Crippen LogP contribution in [0.4, 0.5) is 0 Å². The fourth-order valence-electron chi connectivity index (χ4n) is 1.36. The van der Waals surface area contributed by atoms with Gasteiger partial charge in [-0.15, -0.1) is 22.7 Å². The first kappa shape index (κ1) is 12.3. The molecule has 90 valence electrons. The van der Waals surface area contributed by atoms with Crippen molar-refractivity contribution in [3.63, 3.8) is 0 Å². The number of hydrogen-bond acceptors (Lipinski definition) is 4. The van der Waals surface area contributed by atoms with Crippen LogP contribution in [0.5, 0.6) is 0 Å². The number of hydrogen-bond donors (Lipinski definition) is 1. The van der Waals surface area contributed by atoms with Crippen molar-refractivity contribution in [2.75, 3.05) is 0 Å². The maximum absolute atomic E-state index is 11.2. The van der Waals surface area contributed by atoms with Gasteiger partial charge in [-0.05, 0) is 11.4 Å². The van der Waals surface area contributed by atoms with Crippen LogP contribution in [0, 0.1) is 0 Å². The smallest absolute Gasteiger partial charge is 0.356 e. The molecular formula is C12H13NO2S2. The van der Waals surface area contributed by atoms with E-state index < -0.39 is 5.97 Å². The summed E-state index contributed by atoms with van der Waals surface area (Å²) >= 11 is 3.01. The summed E-state index contributed by atoms with van der Waals surface area (Å²) in [6.45, 7) is 6.11. The van der Waals surface area contributed by atoms with Gasteiger partial charge in [0.05, 0.1) is 9.88 Å². The maximum atomic E-state index is 11.2. The van der Waals surface area contributed by atoms with Crippen LogP contribution in [0.25, 0.3) is 9.75 Å². The predicted molar refractivity (Wildman–Crippen MR) is 71.1 cm³/mol.